The van der Waals surface area contributed by atoms with Crippen molar-refractivity contribution in [3.63, 3.8) is 0 Å². The summed E-state index contributed by atoms with van der Waals surface area (Å²) in [6.07, 6.45) is 7.37. The van der Waals surface area contributed by atoms with Crippen LogP contribution in [-0.4, -0.2) is 34.6 Å². The van der Waals surface area contributed by atoms with Gasteiger partial charge < -0.3 is 10.0 Å². The zero-order chi connectivity index (χ0) is 16.7. The Morgan fingerprint density at radius 1 is 1.12 bits per heavy atom. The first-order valence-electron chi connectivity index (χ1n) is 9.60. The molecular weight excluding hydrogens is 298 g/mol. The molecule has 1 aromatic rings. The third-order valence-corrected chi connectivity index (χ3v) is 6.20. The highest BCUT2D eigenvalue weighted by molar-refractivity contribution is 5.80. The average molecular weight is 327 g/mol. The molecule has 1 saturated heterocycles. The molecule has 130 valence electrons. The summed E-state index contributed by atoms with van der Waals surface area (Å²) in [6, 6.07) is 9.24. The van der Waals surface area contributed by atoms with Crippen molar-refractivity contribution in [3.8, 4) is 0 Å². The fourth-order valence-electron chi connectivity index (χ4n) is 4.47. The zero-order valence-electron chi connectivity index (χ0n) is 14.7. The van der Waals surface area contributed by atoms with E-state index in [4.69, 9.17) is 0 Å². The summed E-state index contributed by atoms with van der Waals surface area (Å²) in [5.41, 5.74) is 2.35. The van der Waals surface area contributed by atoms with Crippen LogP contribution in [0.1, 0.15) is 62.5 Å². The SMILES string of the molecule is C[C@]1(O)C[C@@H](C(=O)N2CCC(Cc3ccc(C4CC4)cc3)CC2)C1. The molecule has 0 spiro atoms. The number of rotatable bonds is 4. The minimum atomic E-state index is -0.606. The molecule has 0 atom stereocenters. The molecule has 3 heteroatoms. The molecule has 2 aliphatic carbocycles. The highest BCUT2D eigenvalue weighted by atomic mass is 16.3. The van der Waals surface area contributed by atoms with Crippen LogP contribution >= 0.6 is 0 Å². The van der Waals surface area contributed by atoms with Gasteiger partial charge in [0.2, 0.25) is 5.91 Å². The number of benzene rings is 1. The van der Waals surface area contributed by atoms with Gasteiger partial charge in [-0.2, -0.15) is 0 Å². The van der Waals surface area contributed by atoms with Gasteiger partial charge in [0.05, 0.1) is 5.60 Å². The summed E-state index contributed by atoms with van der Waals surface area (Å²) in [5.74, 6) is 1.87. The third-order valence-electron chi connectivity index (χ3n) is 6.20. The van der Waals surface area contributed by atoms with E-state index in [1.165, 1.54) is 24.0 Å². The average Bonchev–Trinajstić information content (AvgIpc) is 3.38. The summed E-state index contributed by atoms with van der Waals surface area (Å²) in [7, 11) is 0. The lowest BCUT2D eigenvalue weighted by molar-refractivity contribution is -0.151. The summed E-state index contributed by atoms with van der Waals surface area (Å²) >= 11 is 0. The quantitative estimate of drug-likeness (QED) is 0.919. The van der Waals surface area contributed by atoms with Gasteiger partial charge in [0.15, 0.2) is 0 Å². The van der Waals surface area contributed by atoms with Crippen molar-refractivity contribution in [2.24, 2.45) is 11.8 Å². The molecule has 1 aliphatic heterocycles. The molecule has 0 aromatic heterocycles. The van der Waals surface area contributed by atoms with Crippen LogP contribution in [0.15, 0.2) is 24.3 Å². The van der Waals surface area contributed by atoms with Crippen molar-refractivity contribution < 1.29 is 9.90 Å². The van der Waals surface area contributed by atoms with Gasteiger partial charge in [0, 0.05) is 19.0 Å². The Labute approximate surface area is 145 Å². The normalized spacial score (nSPS) is 30.9. The molecule has 24 heavy (non-hydrogen) atoms. The molecule has 3 nitrogen and oxygen atoms in total. The van der Waals surface area contributed by atoms with Gasteiger partial charge >= 0.3 is 0 Å². The molecule has 4 rings (SSSR count). The van der Waals surface area contributed by atoms with Crippen LogP contribution in [0, 0.1) is 11.8 Å². The predicted octanol–water partition coefficient (Wildman–Crippen LogP) is 3.51. The molecular formula is C21H29NO2. The molecule has 0 unspecified atom stereocenters. The maximum absolute atomic E-state index is 12.5. The lowest BCUT2D eigenvalue weighted by Crippen LogP contribution is -2.51. The van der Waals surface area contributed by atoms with E-state index in [9.17, 15) is 9.90 Å². The number of nitrogens with zero attached hydrogens (tertiary/aromatic N) is 1. The van der Waals surface area contributed by atoms with Crippen LogP contribution in [0.25, 0.3) is 0 Å². The van der Waals surface area contributed by atoms with E-state index in [0.29, 0.717) is 18.8 Å². The monoisotopic (exact) mass is 327 g/mol. The molecule has 2 saturated carbocycles. The molecule has 1 N–H and O–H groups in total. The number of hydrogen-bond acceptors (Lipinski definition) is 2. The molecule has 1 aromatic carbocycles. The van der Waals surface area contributed by atoms with Gasteiger partial charge in [-0.15, -0.1) is 0 Å². The van der Waals surface area contributed by atoms with Crippen molar-refractivity contribution in [2.45, 2.75) is 63.4 Å². The third kappa shape index (κ3) is 3.51. The molecule has 3 aliphatic rings. The van der Waals surface area contributed by atoms with Crippen molar-refractivity contribution in [2.75, 3.05) is 13.1 Å². The van der Waals surface area contributed by atoms with Gasteiger partial charge in [-0.05, 0) is 74.8 Å². The Morgan fingerprint density at radius 2 is 1.75 bits per heavy atom. The summed E-state index contributed by atoms with van der Waals surface area (Å²) < 4.78 is 0. The Bertz CT molecular complexity index is 587. The smallest absolute Gasteiger partial charge is 0.225 e. The Balaban J connectivity index is 1.24. The van der Waals surface area contributed by atoms with E-state index in [2.05, 4.69) is 24.3 Å². The lowest BCUT2D eigenvalue weighted by Gasteiger charge is -2.43. The second-order valence-electron chi connectivity index (χ2n) is 8.59. The fourth-order valence-corrected chi connectivity index (χ4v) is 4.47. The van der Waals surface area contributed by atoms with Crippen LogP contribution in [0.4, 0.5) is 0 Å². The minimum Gasteiger partial charge on any atom is -0.390 e. The largest absolute Gasteiger partial charge is 0.390 e. The van der Waals surface area contributed by atoms with Gasteiger partial charge in [-0.25, -0.2) is 0 Å². The summed E-state index contributed by atoms with van der Waals surface area (Å²) in [4.78, 5) is 14.5. The van der Waals surface area contributed by atoms with Gasteiger partial charge in [0.25, 0.3) is 0 Å². The van der Waals surface area contributed by atoms with Crippen LogP contribution in [0.5, 0.6) is 0 Å². The minimum absolute atomic E-state index is 0.0616. The topological polar surface area (TPSA) is 40.5 Å². The Morgan fingerprint density at radius 3 is 2.29 bits per heavy atom. The van der Waals surface area contributed by atoms with Crippen LogP contribution < -0.4 is 0 Å². The molecule has 0 radical (unpaired) electrons. The molecule has 0 bridgehead atoms. The van der Waals surface area contributed by atoms with E-state index < -0.39 is 5.60 Å². The van der Waals surface area contributed by atoms with E-state index in [1.54, 1.807) is 0 Å². The maximum Gasteiger partial charge on any atom is 0.225 e. The fraction of sp³-hybridized carbons (Fsp3) is 0.667. The molecule has 1 heterocycles. The number of aliphatic hydroxyl groups is 1. The van der Waals surface area contributed by atoms with Crippen molar-refractivity contribution in [3.05, 3.63) is 35.4 Å². The van der Waals surface area contributed by atoms with E-state index in [1.807, 2.05) is 11.8 Å². The van der Waals surface area contributed by atoms with Crippen LogP contribution in [0.2, 0.25) is 0 Å². The number of carbonyl (C=O) groups excluding carboxylic acids is 1. The lowest BCUT2D eigenvalue weighted by atomic mass is 9.71. The maximum atomic E-state index is 12.5. The van der Waals surface area contributed by atoms with Crippen molar-refractivity contribution >= 4 is 5.91 Å². The second-order valence-corrected chi connectivity index (χ2v) is 8.59. The standard InChI is InChI=1S/C21H29NO2/c1-21(24)13-19(14-21)20(23)22-10-8-16(9-11-22)12-15-2-4-17(5-3-15)18-6-7-18/h2-5,16,18-19,24H,6-14H2,1H3/t19-,21+. The predicted molar refractivity (Wildman–Crippen MR) is 94.8 cm³/mol. The Kier molecular flexibility index (Phi) is 4.16. The first-order chi connectivity index (χ1) is 11.5. The first-order valence-corrected chi connectivity index (χ1v) is 9.60. The van der Waals surface area contributed by atoms with Crippen molar-refractivity contribution in [1.82, 2.24) is 4.90 Å². The summed E-state index contributed by atoms with van der Waals surface area (Å²) in [6.45, 7) is 3.61. The van der Waals surface area contributed by atoms with Crippen molar-refractivity contribution in [1.29, 1.82) is 0 Å². The number of hydrogen-bond donors (Lipinski definition) is 1. The van der Waals surface area contributed by atoms with Crippen LogP contribution in [-0.2, 0) is 11.2 Å². The second kappa shape index (κ2) is 6.18. The van der Waals surface area contributed by atoms with Gasteiger partial charge in [-0.3, -0.25) is 4.79 Å². The Hall–Kier alpha value is -1.35. The molecule has 1 amide bonds. The number of carbonyl (C=O) groups is 1. The number of piperidine rings is 1. The zero-order valence-corrected chi connectivity index (χ0v) is 14.7. The van der Waals surface area contributed by atoms with Gasteiger partial charge in [-0.1, -0.05) is 24.3 Å². The highest BCUT2D eigenvalue weighted by Gasteiger charge is 2.44. The van der Waals surface area contributed by atoms with E-state index in [0.717, 1.165) is 38.3 Å². The number of likely N-dealkylation sites (tertiary alicyclic amines) is 1. The number of amides is 1. The first kappa shape index (κ1) is 16.1. The van der Waals surface area contributed by atoms with Gasteiger partial charge in [0.1, 0.15) is 0 Å². The van der Waals surface area contributed by atoms with Crippen LogP contribution in [0.3, 0.4) is 0 Å². The summed E-state index contributed by atoms with van der Waals surface area (Å²) in [5, 5.41) is 9.82. The highest BCUT2D eigenvalue weighted by Crippen LogP contribution is 2.40. The van der Waals surface area contributed by atoms with E-state index in [-0.39, 0.29) is 11.8 Å². The van der Waals surface area contributed by atoms with E-state index >= 15 is 0 Å². The molecule has 3 fully saturated rings.